The van der Waals surface area contributed by atoms with Crippen molar-refractivity contribution in [2.75, 3.05) is 9.96 Å². The van der Waals surface area contributed by atoms with Crippen LogP contribution >= 0.6 is 0 Å². The van der Waals surface area contributed by atoms with Crippen LogP contribution in [0.3, 0.4) is 0 Å². The van der Waals surface area contributed by atoms with Crippen LogP contribution in [0.1, 0.15) is 39.5 Å². The number of carbonyl (C=O) groups excluding carboxylic acids is 2. The third kappa shape index (κ3) is 3.13. The summed E-state index contributed by atoms with van der Waals surface area (Å²) in [7, 11) is 0. The molecule has 166 valence electrons. The molecule has 0 spiro atoms. The maximum atomic E-state index is 13.7. The Morgan fingerprint density at radius 1 is 0.938 bits per heavy atom. The van der Waals surface area contributed by atoms with Crippen molar-refractivity contribution in [2.24, 2.45) is 5.92 Å². The van der Waals surface area contributed by atoms with Crippen LogP contribution in [0.15, 0.2) is 72.5 Å². The van der Waals surface area contributed by atoms with Crippen molar-refractivity contribution in [3.05, 3.63) is 72.5 Å². The van der Waals surface area contributed by atoms with Crippen molar-refractivity contribution in [2.45, 2.75) is 57.3 Å². The quantitative estimate of drug-likeness (QED) is 0.646. The number of rotatable bonds is 5. The van der Waals surface area contributed by atoms with Crippen molar-refractivity contribution in [3.8, 4) is 0 Å². The number of para-hydroxylation sites is 2. The van der Waals surface area contributed by atoms with E-state index in [4.69, 9.17) is 9.57 Å². The van der Waals surface area contributed by atoms with Crippen molar-refractivity contribution in [1.29, 1.82) is 0 Å². The fourth-order valence-corrected chi connectivity index (χ4v) is 5.22. The lowest BCUT2D eigenvalue weighted by Crippen LogP contribution is -2.56. The minimum Gasteiger partial charge on any atom is -0.493 e. The lowest BCUT2D eigenvalue weighted by atomic mass is 9.76. The molecule has 0 bridgehead atoms. The molecule has 2 amide bonds. The Hall–Kier alpha value is -3.12. The van der Waals surface area contributed by atoms with Crippen LogP contribution < -0.4 is 9.96 Å². The van der Waals surface area contributed by atoms with Gasteiger partial charge in [-0.3, -0.25) is 14.4 Å². The fourth-order valence-electron chi connectivity index (χ4n) is 5.22. The highest BCUT2D eigenvalue weighted by atomic mass is 16.7. The zero-order valence-electron chi connectivity index (χ0n) is 18.4. The van der Waals surface area contributed by atoms with E-state index in [0.29, 0.717) is 12.1 Å². The summed E-state index contributed by atoms with van der Waals surface area (Å²) >= 11 is 0. The van der Waals surface area contributed by atoms with Gasteiger partial charge in [0.2, 0.25) is 5.91 Å². The monoisotopic (exact) mass is 432 g/mol. The number of hydrogen-bond donors (Lipinski definition) is 0. The molecule has 4 atom stereocenters. The molecule has 6 heteroatoms. The smallest absolute Gasteiger partial charge is 0.266 e. The van der Waals surface area contributed by atoms with Gasteiger partial charge in [-0.25, -0.2) is 9.96 Å². The van der Waals surface area contributed by atoms with E-state index >= 15 is 0 Å². The summed E-state index contributed by atoms with van der Waals surface area (Å²) in [6.07, 6.45) is 4.32. The highest BCUT2D eigenvalue weighted by Crippen LogP contribution is 2.48. The lowest BCUT2D eigenvalue weighted by molar-refractivity contribution is -0.127. The van der Waals surface area contributed by atoms with E-state index < -0.39 is 23.7 Å². The largest absolute Gasteiger partial charge is 0.493 e. The Balaban J connectivity index is 1.58. The van der Waals surface area contributed by atoms with Gasteiger partial charge in [-0.15, -0.1) is 0 Å². The molecule has 3 aliphatic rings. The van der Waals surface area contributed by atoms with Crippen LogP contribution in [0.5, 0.6) is 0 Å². The second kappa shape index (κ2) is 8.10. The number of imide groups is 1. The van der Waals surface area contributed by atoms with E-state index in [1.54, 1.807) is 17.2 Å². The van der Waals surface area contributed by atoms with Gasteiger partial charge in [0, 0.05) is 0 Å². The number of carbonyl (C=O) groups is 2. The van der Waals surface area contributed by atoms with Gasteiger partial charge in [0.05, 0.1) is 17.6 Å². The second-order valence-electron chi connectivity index (χ2n) is 8.67. The molecule has 0 N–H and O–H groups in total. The van der Waals surface area contributed by atoms with E-state index in [-0.39, 0.29) is 11.8 Å². The van der Waals surface area contributed by atoms with Crippen LogP contribution in [0.2, 0.25) is 0 Å². The van der Waals surface area contributed by atoms with Gasteiger partial charge in [-0.2, -0.15) is 0 Å². The maximum absolute atomic E-state index is 13.7. The van der Waals surface area contributed by atoms with Gasteiger partial charge in [0.15, 0.2) is 6.10 Å². The lowest BCUT2D eigenvalue weighted by Gasteiger charge is -2.45. The Morgan fingerprint density at radius 3 is 2.16 bits per heavy atom. The fraction of sp³-hybridized carbons (Fsp3) is 0.385. The predicted octanol–water partition coefficient (Wildman–Crippen LogP) is 4.62. The van der Waals surface area contributed by atoms with Crippen molar-refractivity contribution in [1.82, 2.24) is 0 Å². The van der Waals surface area contributed by atoms with E-state index in [9.17, 15) is 9.59 Å². The second-order valence-corrected chi connectivity index (χ2v) is 8.67. The van der Waals surface area contributed by atoms with Gasteiger partial charge in [0.25, 0.3) is 5.91 Å². The van der Waals surface area contributed by atoms with Crippen LogP contribution in [0, 0.1) is 5.92 Å². The summed E-state index contributed by atoms with van der Waals surface area (Å²) < 4.78 is 6.42. The topological polar surface area (TPSA) is 59.1 Å². The molecular formula is C26H28N2O4. The number of hydroxylamine groups is 1. The van der Waals surface area contributed by atoms with Crippen molar-refractivity contribution < 1.29 is 19.2 Å². The van der Waals surface area contributed by atoms with Crippen LogP contribution in [-0.4, -0.2) is 29.6 Å². The van der Waals surface area contributed by atoms with Crippen LogP contribution in [0.25, 0.3) is 0 Å². The molecule has 3 heterocycles. The summed E-state index contributed by atoms with van der Waals surface area (Å²) in [5.74, 6) is -1.18. The molecule has 0 unspecified atom stereocenters. The minimum atomic E-state index is -0.864. The Bertz CT molecular complexity index is 1040. The molecular weight excluding hydrogens is 404 g/mol. The Labute approximate surface area is 188 Å². The summed E-state index contributed by atoms with van der Waals surface area (Å²) in [4.78, 5) is 34.7. The summed E-state index contributed by atoms with van der Waals surface area (Å²) in [6.45, 7) is 4.20. The first-order valence-electron chi connectivity index (χ1n) is 11.4. The van der Waals surface area contributed by atoms with E-state index in [0.717, 1.165) is 24.9 Å². The highest BCUT2D eigenvalue weighted by Gasteiger charge is 2.65. The number of allylic oxidation sites excluding steroid dienone is 1. The average molecular weight is 433 g/mol. The predicted molar refractivity (Wildman–Crippen MR) is 122 cm³/mol. The number of benzene rings is 2. The van der Waals surface area contributed by atoms with E-state index in [1.165, 1.54) is 10.5 Å². The normalized spacial score (nSPS) is 29.7. The molecule has 2 fully saturated rings. The van der Waals surface area contributed by atoms with Gasteiger partial charge < -0.3 is 4.74 Å². The van der Waals surface area contributed by atoms with Crippen LogP contribution in [0.4, 0.5) is 11.4 Å². The summed E-state index contributed by atoms with van der Waals surface area (Å²) in [6, 6.07) is 18.3. The first kappa shape index (κ1) is 20.8. The first-order chi connectivity index (χ1) is 15.6. The van der Waals surface area contributed by atoms with Crippen molar-refractivity contribution in [3.63, 3.8) is 0 Å². The first-order valence-corrected chi connectivity index (χ1v) is 11.4. The SMILES string of the molecule is CCC1=CO[C@@](CC)([C@@H]2[C@H]3C(=O)N(c4ccccc4)C(=O)[C@@H]3ON2c2ccccc2)CC1. The van der Waals surface area contributed by atoms with E-state index in [2.05, 4.69) is 13.8 Å². The number of nitrogens with zero attached hydrogens (tertiary/aromatic N) is 2. The third-order valence-electron chi connectivity index (χ3n) is 7.06. The molecule has 32 heavy (non-hydrogen) atoms. The average Bonchev–Trinajstić information content (AvgIpc) is 3.36. The highest BCUT2D eigenvalue weighted by molar-refractivity contribution is 6.24. The number of anilines is 2. The molecule has 0 radical (unpaired) electrons. The summed E-state index contributed by atoms with van der Waals surface area (Å²) in [5, 5.41) is 1.77. The Morgan fingerprint density at radius 2 is 1.59 bits per heavy atom. The molecule has 6 nitrogen and oxygen atoms in total. The third-order valence-corrected chi connectivity index (χ3v) is 7.06. The number of ether oxygens (including phenoxy) is 1. The van der Waals surface area contributed by atoms with Crippen molar-refractivity contribution >= 4 is 23.2 Å². The number of hydrogen-bond acceptors (Lipinski definition) is 5. The van der Waals surface area contributed by atoms with Gasteiger partial charge in [0.1, 0.15) is 17.6 Å². The molecule has 0 saturated carbocycles. The van der Waals surface area contributed by atoms with E-state index in [1.807, 2.05) is 54.8 Å². The van der Waals surface area contributed by atoms with Gasteiger partial charge >= 0.3 is 0 Å². The number of amides is 2. The molecule has 2 aromatic rings. The zero-order valence-corrected chi connectivity index (χ0v) is 18.4. The Kier molecular flexibility index (Phi) is 5.25. The molecule has 0 aliphatic carbocycles. The summed E-state index contributed by atoms with van der Waals surface area (Å²) in [5.41, 5.74) is 2.03. The molecule has 2 saturated heterocycles. The van der Waals surface area contributed by atoms with Gasteiger partial charge in [-0.05, 0) is 55.5 Å². The number of fused-ring (bicyclic) bond motifs is 1. The standard InChI is InChI=1S/C26H28N2O4/c1-3-18-15-16-26(4-2,31-17-18)23-21-22(32-28(23)20-13-9-6-10-14-20)25(30)27(24(21)29)19-11-7-5-8-12-19/h5-14,17,21-23H,3-4,15-16H2,1-2H3/t21-,22+,23-,26+/m0/s1. The minimum absolute atomic E-state index is 0.226. The molecule has 2 aromatic carbocycles. The zero-order chi connectivity index (χ0) is 22.3. The maximum Gasteiger partial charge on any atom is 0.266 e. The molecule has 5 rings (SSSR count). The molecule has 0 aromatic heterocycles. The van der Waals surface area contributed by atoms with Crippen LogP contribution in [-0.2, 0) is 19.2 Å². The van der Waals surface area contributed by atoms with Gasteiger partial charge in [-0.1, -0.05) is 50.2 Å². The molecule has 3 aliphatic heterocycles.